The number of anilines is 1. The van der Waals surface area contributed by atoms with Gasteiger partial charge in [0.25, 0.3) is 0 Å². The monoisotopic (exact) mass is 262 g/mol. The quantitative estimate of drug-likeness (QED) is 0.900. The Balaban J connectivity index is 2.00. The zero-order chi connectivity index (χ0) is 12.5. The molecule has 0 radical (unpaired) electrons. The summed E-state index contributed by atoms with van der Waals surface area (Å²) in [5.41, 5.74) is 1.95. The molecule has 1 aliphatic rings. The summed E-state index contributed by atoms with van der Waals surface area (Å²) in [4.78, 5) is 4.43. The molecule has 2 heterocycles. The number of pyridine rings is 1. The van der Waals surface area contributed by atoms with Gasteiger partial charge in [-0.3, -0.25) is 4.98 Å². The van der Waals surface area contributed by atoms with Crippen LogP contribution in [0.5, 0.6) is 0 Å². The van der Waals surface area contributed by atoms with E-state index in [1.54, 1.807) is 6.20 Å². The van der Waals surface area contributed by atoms with Crippen molar-refractivity contribution in [2.24, 2.45) is 0 Å². The Morgan fingerprint density at radius 2 is 2.33 bits per heavy atom. The largest absolute Gasteiger partial charge is 0.378 e. The molecule has 2 atom stereocenters. The van der Waals surface area contributed by atoms with Gasteiger partial charge >= 0.3 is 0 Å². The van der Waals surface area contributed by atoms with Crippen molar-refractivity contribution in [2.45, 2.75) is 25.5 Å². The van der Waals surface area contributed by atoms with E-state index in [4.69, 9.17) is 16.3 Å². The van der Waals surface area contributed by atoms with Crippen LogP contribution in [0.3, 0.4) is 0 Å². The van der Waals surface area contributed by atoms with Crippen LogP contribution in [0.4, 0.5) is 5.69 Å². The Kier molecular flexibility index (Phi) is 3.10. The van der Waals surface area contributed by atoms with Crippen molar-refractivity contribution >= 4 is 28.2 Å². The maximum atomic E-state index is 6.15. The predicted molar refractivity (Wildman–Crippen MR) is 74.2 cm³/mol. The first-order valence-corrected chi connectivity index (χ1v) is 6.54. The van der Waals surface area contributed by atoms with Crippen molar-refractivity contribution in [1.82, 2.24) is 4.98 Å². The first-order valence-electron chi connectivity index (χ1n) is 6.16. The highest BCUT2D eigenvalue weighted by atomic mass is 35.5. The predicted octanol–water partition coefficient (Wildman–Crippen LogP) is 3.48. The molecule has 1 aromatic carbocycles. The summed E-state index contributed by atoms with van der Waals surface area (Å²) in [5, 5.41) is 5.28. The van der Waals surface area contributed by atoms with Gasteiger partial charge in [-0.25, -0.2) is 0 Å². The molecule has 0 spiro atoms. The molecule has 3 rings (SSSR count). The van der Waals surface area contributed by atoms with Gasteiger partial charge in [-0.15, -0.1) is 0 Å². The topological polar surface area (TPSA) is 34.1 Å². The lowest BCUT2D eigenvalue weighted by Crippen LogP contribution is -2.26. The summed E-state index contributed by atoms with van der Waals surface area (Å²) in [6.07, 6.45) is 3.04. The summed E-state index contributed by atoms with van der Waals surface area (Å²) < 4.78 is 5.56. The third-order valence-corrected chi connectivity index (χ3v) is 3.61. The van der Waals surface area contributed by atoms with Gasteiger partial charge in [0.2, 0.25) is 0 Å². The summed E-state index contributed by atoms with van der Waals surface area (Å²) in [6.45, 7) is 2.90. The second-order valence-electron chi connectivity index (χ2n) is 4.64. The van der Waals surface area contributed by atoms with Crippen molar-refractivity contribution in [3.05, 3.63) is 35.5 Å². The van der Waals surface area contributed by atoms with Crippen LogP contribution < -0.4 is 5.32 Å². The third kappa shape index (κ3) is 2.16. The van der Waals surface area contributed by atoms with Gasteiger partial charge in [-0.1, -0.05) is 17.7 Å². The molecule has 4 heteroatoms. The number of halogens is 1. The zero-order valence-electron chi connectivity index (χ0n) is 10.2. The minimum absolute atomic E-state index is 0.225. The molecule has 1 aromatic heterocycles. The number of ether oxygens (including phenoxy) is 1. The van der Waals surface area contributed by atoms with E-state index in [1.807, 2.05) is 24.3 Å². The summed E-state index contributed by atoms with van der Waals surface area (Å²) >= 11 is 6.15. The smallest absolute Gasteiger partial charge is 0.0934 e. The van der Waals surface area contributed by atoms with Crippen LogP contribution in [-0.2, 0) is 4.74 Å². The maximum absolute atomic E-state index is 6.15. The second kappa shape index (κ2) is 4.75. The van der Waals surface area contributed by atoms with Gasteiger partial charge in [0, 0.05) is 23.2 Å². The Hall–Kier alpha value is -1.32. The summed E-state index contributed by atoms with van der Waals surface area (Å²) in [6, 6.07) is 8.14. The van der Waals surface area contributed by atoms with Crippen LogP contribution in [0.1, 0.15) is 13.3 Å². The number of benzene rings is 1. The molecule has 94 valence electrons. The van der Waals surface area contributed by atoms with Crippen LogP contribution in [0, 0.1) is 0 Å². The minimum Gasteiger partial charge on any atom is -0.378 e. The fraction of sp³-hybridized carbons (Fsp3) is 0.357. The fourth-order valence-electron chi connectivity index (χ4n) is 2.39. The highest BCUT2D eigenvalue weighted by molar-refractivity contribution is 6.31. The molecular weight excluding hydrogens is 248 g/mol. The molecule has 0 bridgehead atoms. The maximum Gasteiger partial charge on any atom is 0.0934 e. The Labute approximate surface area is 111 Å². The van der Waals surface area contributed by atoms with E-state index in [2.05, 4.69) is 17.2 Å². The molecule has 2 aromatic rings. The minimum atomic E-state index is 0.225. The van der Waals surface area contributed by atoms with Gasteiger partial charge in [0.05, 0.1) is 23.3 Å². The van der Waals surface area contributed by atoms with E-state index in [0.717, 1.165) is 34.6 Å². The van der Waals surface area contributed by atoms with Crippen molar-refractivity contribution in [3.63, 3.8) is 0 Å². The van der Waals surface area contributed by atoms with Gasteiger partial charge in [-0.05, 0) is 31.5 Å². The van der Waals surface area contributed by atoms with E-state index in [0.29, 0.717) is 6.04 Å². The van der Waals surface area contributed by atoms with Crippen molar-refractivity contribution < 1.29 is 4.74 Å². The standard InChI is InChI=1S/C14H15ClN2O/c1-9-12(4-6-18-9)17-13-8-11(15)7-10-3-2-5-16-14(10)13/h2-3,5,7-9,12,17H,4,6H2,1H3. The van der Waals surface area contributed by atoms with E-state index >= 15 is 0 Å². The molecule has 0 aliphatic carbocycles. The van der Waals surface area contributed by atoms with Crippen LogP contribution >= 0.6 is 11.6 Å². The normalized spacial score (nSPS) is 23.4. The highest BCUT2D eigenvalue weighted by Crippen LogP contribution is 2.28. The lowest BCUT2D eigenvalue weighted by molar-refractivity contribution is 0.121. The second-order valence-corrected chi connectivity index (χ2v) is 5.08. The van der Waals surface area contributed by atoms with Crippen LogP contribution in [0.25, 0.3) is 10.9 Å². The number of nitrogens with zero attached hydrogens (tertiary/aromatic N) is 1. The first kappa shape index (κ1) is 11.8. The van der Waals surface area contributed by atoms with Gasteiger partial charge in [0.15, 0.2) is 0 Å². The Morgan fingerprint density at radius 3 is 3.11 bits per heavy atom. The van der Waals surface area contributed by atoms with E-state index in [1.165, 1.54) is 0 Å². The molecule has 1 fully saturated rings. The highest BCUT2D eigenvalue weighted by Gasteiger charge is 2.24. The molecule has 1 saturated heterocycles. The zero-order valence-corrected chi connectivity index (χ0v) is 10.9. The molecule has 3 nitrogen and oxygen atoms in total. The van der Waals surface area contributed by atoms with E-state index in [-0.39, 0.29) is 6.10 Å². The van der Waals surface area contributed by atoms with Gasteiger partial charge < -0.3 is 10.1 Å². The first-order chi connectivity index (χ1) is 8.74. The third-order valence-electron chi connectivity index (χ3n) is 3.39. The van der Waals surface area contributed by atoms with Crippen LogP contribution in [0.15, 0.2) is 30.5 Å². The van der Waals surface area contributed by atoms with Gasteiger partial charge in [-0.2, -0.15) is 0 Å². The molecule has 0 saturated carbocycles. The molecule has 1 N–H and O–H groups in total. The molecule has 18 heavy (non-hydrogen) atoms. The lowest BCUT2D eigenvalue weighted by Gasteiger charge is -2.18. The number of nitrogens with one attached hydrogen (secondary N) is 1. The number of rotatable bonds is 2. The van der Waals surface area contributed by atoms with Crippen molar-refractivity contribution in [1.29, 1.82) is 0 Å². The SMILES string of the molecule is CC1OCCC1Nc1cc(Cl)cc2cccnc12. The van der Waals surface area contributed by atoms with Crippen LogP contribution in [-0.4, -0.2) is 23.7 Å². The number of aromatic nitrogens is 1. The average molecular weight is 263 g/mol. The number of fused-ring (bicyclic) bond motifs is 1. The van der Waals surface area contributed by atoms with E-state index in [9.17, 15) is 0 Å². The molecule has 1 aliphatic heterocycles. The van der Waals surface area contributed by atoms with Gasteiger partial charge in [0.1, 0.15) is 0 Å². The molecule has 0 amide bonds. The van der Waals surface area contributed by atoms with Crippen molar-refractivity contribution in [2.75, 3.05) is 11.9 Å². The lowest BCUT2D eigenvalue weighted by atomic mass is 10.1. The molecular formula is C14H15ClN2O. The van der Waals surface area contributed by atoms with Crippen LogP contribution in [0.2, 0.25) is 5.02 Å². The summed E-state index contributed by atoms with van der Waals surface area (Å²) in [5.74, 6) is 0. The van der Waals surface area contributed by atoms with E-state index < -0.39 is 0 Å². The average Bonchev–Trinajstić information content (AvgIpc) is 2.75. The molecule has 2 unspecified atom stereocenters. The Morgan fingerprint density at radius 1 is 1.44 bits per heavy atom. The number of hydrogen-bond acceptors (Lipinski definition) is 3. The van der Waals surface area contributed by atoms with Crippen molar-refractivity contribution in [3.8, 4) is 0 Å². The Bertz CT molecular complexity index is 573. The fourth-order valence-corrected chi connectivity index (χ4v) is 2.61. The summed E-state index contributed by atoms with van der Waals surface area (Å²) in [7, 11) is 0. The number of hydrogen-bond donors (Lipinski definition) is 1.